The number of carbonyl (C=O) groups is 1. The molecule has 1 amide bonds. The lowest BCUT2D eigenvalue weighted by Crippen LogP contribution is -2.28. The molecule has 0 atom stereocenters. The van der Waals surface area contributed by atoms with Crippen molar-refractivity contribution in [2.45, 2.75) is 20.4 Å². The molecule has 0 radical (unpaired) electrons. The number of carbonyl (C=O) groups excluding carboxylic acids is 1. The molecule has 0 fully saturated rings. The van der Waals surface area contributed by atoms with Crippen LogP contribution in [0.25, 0.3) is 0 Å². The molecule has 2 rings (SSSR count). The first-order valence-corrected chi connectivity index (χ1v) is 6.24. The summed E-state index contributed by atoms with van der Waals surface area (Å²) < 4.78 is 18.7. The van der Waals surface area contributed by atoms with Crippen molar-refractivity contribution in [3.63, 3.8) is 0 Å². The molecule has 2 N–H and O–H groups in total. The number of nitrogens with zero attached hydrogens (tertiary/aromatic N) is 1. The number of nitrogens with one attached hydrogen (secondary N) is 2. The maximum Gasteiger partial charge on any atom is 0.238 e. The van der Waals surface area contributed by atoms with Gasteiger partial charge in [-0.15, -0.1) is 0 Å². The van der Waals surface area contributed by atoms with Gasteiger partial charge in [-0.05, 0) is 26.0 Å². The summed E-state index contributed by atoms with van der Waals surface area (Å²) in [7, 11) is 0. The number of aryl methyl sites for hydroxylation is 2. The Kier molecular flexibility index (Phi) is 4.47. The minimum atomic E-state index is -0.459. The van der Waals surface area contributed by atoms with Crippen LogP contribution in [-0.2, 0) is 11.3 Å². The molecule has 20 heavy (non-hydrogen) atoms. The fourth-order valence-corrected chi connectivity index (χ4v) is 1.65. The Labute approximate surface area is 116 Å². The normalized spacial score (nSPS) is 10.6. The van der Waals surface area contributed by atoms with Gasteiger partial charge >= 0.3 is 0 Å². The molecular weight excluding hydrogens is 261 g/mol. The zero-order valence-electron chi connectivity index (χ0n) is 11.4. The number of benzene rings is 1. The molecule has 0 bridgehead atoms. The van der Waals surface area contributed by atoms with E-state index in [0.29, 0.717) is 12.4 Å². The SMILES string of the molecule is Cc1nc(CNCC(=O)Nc2ccccc2F)oc1C. The van der Waals surface area contributed by atoms with E-state index in [0.717, 1.165) is 11.5 Å². The molecule has 1 heterocycles. The third-order valence-electron chi connectivity index (χ3n) is 2.78. The largest absolute Gasteiger partial charge is 0.444 e. The van der Waals surface area contributed by atoms with E-state index in [-0.39, 0.29) is 18.1 Å². The Morgan fingerprint density at radius 3 is 2.75 bits per heavy atom. The van der Waals surface area contributed by atoms with Crippen LogP contribution >= 0.6 is 0 Å². The van der Waals surface area contributed by atoms with E-state index < -0.39 is 5.82 Å². The Morgan fingerprint density at radius 2 is 2.10 bits per heavy atom. The lowest BCUT2D eigenvalue weighted by molar-refractivity contribution is -0.115. The first-order valence-electron chi connectivity index (χ1n) is 6.24. The fourth-order valence-electron chi connectivity index (χ4n) is 1.65. The van der Waals surface area contributed by atoms with Crippen molar-refractivity contribution < 1.29 is 13.6 Å². The average molecular weight is 277 g/mol. The number of amides is 1. The number of para-hydroxylation sites is 1. The Morgan fingerprint density at radius 1 is 1.35 bits per heavy atom. The molecule has 0 unspecified atom stereocenters. The van der Waals surface area contributed by atoms with Crippen LogP contribution in [0.5, 0.6) is 0 Å². The molecule has 1 aromatic carbocycles. The smallest absolute Gasteiger partial charge is 0.238 e. The first-order chi connectivity index (χ1) is 9.56. The third-order valence-corrected chi connectivity index (χ3v) is 2.78. The van der Waals surface area contributed by atoms with Gasteiger partial charge in [0.05, 0.1) is 24.5 Å². The zero-order chi connectivity index (χ0) is 14.5. The van der Waals surface area contributed by atoms with E-state index in [9.17, 15) is 9.18 Å². The lowest BCUT2D eigenvalue weighted by Gasteiger charge is -2.06. The summed E-state index contributed by atoms with van der Waals surface area (Å²) in [4.78, 5) is 15.8. The molecule has 0 aliphatic rings. The van der Waals surface area contributed by atoms with Crippen molar-refractivity contribution in [1.29, 1.82) is 0 Å². The number of aromatic nitrogens is 1. The zero-order valence-corrected chi connectivity index (χ0v) is 11.4. The van der Waals surface area contributed by atoms with Crippen molar-refractivity contribution in [2.75, 3.05) is 11.9 Å². The number of hydrogen-bond acceptors (Lipinski definition) is 4. The van der Waals surface area contributed by atoms with Gasteiger partial charge in [-0.25, -0.2) is 9.37 Å². The molecular formula is C14H16FN3O2. The minimum Gasteiger partial charge on any atom is -0.444 e. The van der Waals surface area contributed by atoms with Crippen LogP contribution in [0.4, 0.5) is 10.1 Å². The van der Waals surface area contributed by atoms with Gasteiger partial charge in [0.15, 0.2) is 0 Å². The second-order valence-electron chi connectivity index (χ2n) is 4.38. The Bertz CT molecular complexity index is 591. The summed E-state index contributed by atoms with van der Waals surface area (Å²) in [5, 5.41) is 5.38. The standard InChI is InChI=1S/C14H16FN3O2/c1-9-10(2)20-14(17-9)8-16-7-13(19)18-12-6-4-3-5-11(12)15/h3-6,16H,7-8H2,1-2H3,(H,18,19). The molecule has 0 spiro atoms. The third kappa shape index (κ3) is 3.64. The summed E-state index contributed by atoms with van der Waals surface area (Å²) in [6.45, 7) is 4.08. The fraction of sp³-hybridized carbons (Fsp3) is 0.286. The van der Waals surface area contributed by atoms with Gasteiger partial charge in [0.2, 0.25) is 11.8 Å². The van der Waals surface area contributed by atoms with E-state index >= 15 is 0 Å². The summed E-state index contributed by atoms with van der Waals surface area (Å²) in [6, 6.07) is 6.02. The Hall–Kier alpha value is -2.21. The van der Waals surface area contributed by atoms with Crippen LogP contribution in [-0.4, -0.2) is 17.4 Å². The van der Waals surface area contributed by atoms with E-state index in [1.165, 1.54) is 12.1 Å². The number of oxazole rings is 1. The summed E-state index contributed by atoms with van der Waals surface area (Å²) in [5.41, 5.74) is 1.000. The predicted molar refractivity (Wildman–Crippen MR) is 72.7 cm³/mol. The quantitative estimate of drug-likeness (QED) is 0.879. The van der Waals surface area contributed by atoms with Gasteiger partial charge < -0.3 is 9.73 Å². The molecule has 106 valence electrons. The molecule has 1 aromatic heterocycles. The number of hydrogen-bond donors (Lipinski definition) is 2. The molecule has 0 saturated heterocycles. The minimum absolute atomic E-state index is 0.0504. The molecule has 0 aliphatic carbocycles. The summed E-state index contributed by atoms with van der Waals surface area (Å²) in [6.07, 6.45) is 0. The van der Waals surface area contributed by atoms with E-state index in [4.69, 9.17) is 4.42 Å². The topological polar surface area (TPSA) is 67.2 Å². The van der Waals surface area contributed by atoms with E-state index in [1.807, 2.05) is 13.8 Å². The second kappa shape index (κ2) is 6.29. The summed E-state index contributed by atoms with van der Waals surface area (Å²) >= 11 is 0. The monoisotopic (exact) mass is 277 g/mol. The van der Waals surface area contributed by atoms with Crippen LogP contribution in [0.1, 0.15) is 17.3 Å². The highest BCUT2D eigenvalue weighted by Gasteiger charge is 2.08. The molecule has 5 nitrogen and oxygen atoms in total. The molecule has 6 heteroatoms. The van der Waals surface area contributed by atoms with Gasteiger partial charge in [-0.1, -0.05) is 12.1 Å². The van der Waals surface area contributed by atoms with Crippen LogP contribution in [0.3, 0.4) is 0 Å². The van der Waals surface area contributed by atoms with Gasteiger partial charge in [-0.2, -0.15) is 0 Å². The molecule has 0 aliphatic heterocycles. The summed E-state index contributed by atoms with van der Waals surface area (Å²) in [5.74, 6) is 0.506. The van der Waals surface area contributed by atoms with Gasteiger partial charge in [0.1, 0.15) is 11.6 Å². The van der Waals surface area contributed by atoms with Crippen molar-refractivity contribution in [3.05, 3.63) is 47.4 Å². The average Bonchev–Trinajstić information content (AvgIpc) is 2.71. The van der Waals surface area contributed by atoms with Crippen molar-refractivity contribution in [2.24, 2.45) is 0 Å². The number of anilines is 1. The van der Waals surface area contributed by atoms with Gasteiger partial charge in [0.25, 0.3) is 0 Å². The maximum absolute atomic E-state index is 13.3. The molecule has 2 aromatic rings. The number of rotatable bonds is 5. The van der Waals surface area contributed by atoms with Crippen molar-refractivity contribution in [1.82, 2.24) is 10.3 Å². The van der Waals surface area contributed by atoms with Crippen LogP contribution < -0.4 is 10.6 Å². The highest BCUT2D eigenvalue weighted by atomic mass is 19.1. The predicted octanol–water partition coefficient (Wildman–Crippen LogP) is 2.16. The van der Waals surface area contributed by atoms with Gasteiger partial charge in [0, 0.05) is 0 Å². The van der Waals surface area contributed by atoms with Gasteiger partial charge in [-0.3, -0.25) is 10.1 Å². The van der Waals surface area contributed by atoms with Crippen molar-refractivity contribution >= 4 is 11.6 Å². The lowest BCUT2D eigenvalue weighted by atomic mass is 10.3. The van der Waals surface area contributed by atoms with E-state index in [2.05, 4.69) is 15.6 Å². The van der Waals surface area contributed by atoms with Crippen molar-refractivity contribution in [3.8, 4) is 0 Å². The Balaban J connectivity index is 1.80. The second-order valence-corrected chi connectivity index (χ2v) is 4.38. The first kappa shape index (κ1) is 14.2. The number of halogens is 1. The van der Waals surface area contributed by atoms with Crippen LogP contribution in [0, 0.1) is 19.7 Å². The van der Waals surface area contributed by atoms with Crippen LogP contribution in [0.15, 0.2) is 28.7 Å². The van der Waals surface area contributed by atoms with E-state index in [1.54, 1.807) is 12.1 Å². The molecule has 0 saturated carbocycles. The highest BCUT2D eigenvalue weighted by Crippen LogP contribution is 2.12. The highest BCUT2D eigenvalue weighted by molar-refractivity contribution is 5.92. The van der Waals surface area contributed by atoms with Crippen LogP contribution in [0.2, 0.25) is 0 Å². The maximum atomic E-state index is 13.3.